The van der Waals surface area contributed by atoms with Crippen LogP contribution in [0.5, 0.6) is 5.88 Å². The average molecular weight is 285 g/mol. The Morgan fingerprint density at radius 3 is 3.25 bits per heavy atom. The Morgan fingerprint density at radius 2 is 2.50 bits per heavy atom. The van der Waals surface area contributed by atoms with Crippen LogP contribution in [0.4, 0.5) is 4.79 Å². The maximum absolute atomic E-state index is 11.1. The molecule has 0 aliphatic heterocycles. The summed E-state index contributed by atoms with van der Waals surface area (Å²) in [6.45, 7) is 2.32. The predicted octanol–water partition coefficient (Wildman–Crippen LogP) is 1.83. The first-order valence-corrected chi connectivity index (χ1v) is 5.45. The van der Waals surface area contributed by atoms with E-state index in [-0.39, 0.29) is 5.88 Å². The number of amides is 1. The summed E-state index contributed by atoms with van der Waals surface area (Å²) in [5, 5.41) is 10.1. The van der Waals surface area contributed by atoms with Gasteiger partial charge in [-0.1, -0.05) is 0 Å². The van der Waals surface area contributed by atoms with E-state index in [1.165, 1.54) is 0 Å². The number of nitrogens with one attached hydrogen (secondary N) is 2. The molecule has 2 rings (SSSR count). The molecule has 0 fully saturated rings. The van der Waals surface area contributed by atoms with E-state index in [4.69, 9.17) is 4.74 Å². The minimum absolute atomic E-state index is 0.231. The summed E-state index contributed by atoms with van der Waals surface area (Å²) >= 11 is 3.26. The first-order chi connectivity index (χ1) is 7.70. The molecule has 2 aromatic heterocycles. The number of carbonyl (C=O) groups is 1. The number of H-pyrrole nitrogens is 1. The SMILES string of the molecule is CCNC(=O)Oc1cc2[nH]nc(Br)c2cn1. The van der Waals surface area contributed by atoms with Gasteiger partial charge in [-0.15, -0.1) is 0 Å². The van der Waals surface area contributed by atoms with Crippen LogP contribution in [0.25, 0.3) is 10.9 Å². The van der Waals surface area contributed by atoms with E-state index in [0.29, 0.717) is 11.1 Å². The topological polar surface area (TPSA) is 79.9 Å². The zero-order valence-corrected chi connectivity index (χ0v) is 10.0. The van der Waals surface area contributed by atoms with Crippen LogP contribution in [0.2, 0.25) is 0 Å². The Hall–Kier alpha value is -1.63. The van der Waals surface area contributed by atoms with Gasteiger partial charge in [0.15, 0.2) is 0 Å². The van der Waals surface area contributed by atoms with E-state index in [9.17, 15) is 4.79 Å². The summed E-state index contributed by atoms with van der Waals surface area (Å²) in [4.78, 5) is 15.1. The third-order valence-electron chi connectivity index (χ3n) is 1.89. The molecule has 2 N–H and O–H groups in total. The Bertz CT molecular complexity index is 525. The molecule has 1 amide bonds. The number of halogens is 1. The molecule has 0 saturated heterocycles. The van der Waals surface area contributed by atoms with E-state index in [1.807, 2.05) is 6.92 Å². The molecule has 0 spiro atoms. The molecule has 6 nitrogen and oxygen atoms in total. The summed E-state index contributed by atoms with van der Waals surface area (Å²) in [5.41, 5.74) is 0.751. The summed E-state index contributed by atoms with van der Waals surface area (Å²) in [6.07, 6.45) is 1.06. The van der Waals surface area contributed by atoms with Crippen molar-refractivity contribution in [3.63, 3.8) is 0 Å². The molecule has 84 valence electrons. The molecule has 2 aromatic rings. The number of rotatable bonds is 2. The van der Waals surface area contributed by atoms with E-state index < -0.39 is 6.09 Å². The molecular weight excluding hydrogens is 276 g/mol. The molecule has 0 atom stereocenters. The molecule has 16 heavy (non-hydrogen) atoms. The fourth-order valence-electron chi connectivity index (χ4n) is 1.19. The van der Waals surface area contributed by atoms with Gasteiger partial charge in [-0.05, 0) is 22.9 Å². The largest absolute Gasteiger partial charge is 0.413 e. The number of aromatic amines is 1. The minimum atomic E-state index is -0.520. The van der Waals surface area contributed by atoms with Gasteiger partial charge in [0.1, 0.15) is 4.60 Å². The molecule has 0 aromatic carbocycles. The fraction of sp³-hybridized carbons (Fsp3) is 0.222. The lowest BCUT2D eigenvalue weighted by Crippen LogP contribution is -2.26. The van der Waals surface area contributed by atoms with Crippen molar-refractivity contribution in [1.82, 2.24) is 20.5 Å². The van der Waals surface area contributed by atoms with Crippen LogP contribution in [0.1, 0.15) is 6.92 Å². The van der Waals surface area contributed by atoms with Crippen molar-refractivity contribution in [1.29, 1.82) is 0 Å². The first kappa shape index (κ1) is 10.9. The summed E-state index contributed by atoms with van der Waals surface area (Å²) in [5.74, 6) is 0.231. The Morgan fingerprint density at radius 1 is 1.69 bits per heavy atom. The highest BCUT2D eigenvalue weighted by Crippen LogP contribution is 2.22. The van der Waals surface area contributed by atoms with Crippen molar-refractivity contribution in [2.75, 3.05) is 6.54 Å². The number of aromatic nitrogens is 3. The fourth-order valence-corrected chi connectivity index (χ4v) is 1.60. The standard InChI is InChI=1S/C9H9BrN4O2/c1-2-11-9(15)16-7-3-6-5(4-12-7)8(10)14-13-6/h3-4H,2H2,1H3,(H,11,15)(H,13,14). The monoisotopic (exact) mass is 284 g/mol. The molecule has 0 aliphatic carbocycles. The highest BCUT2D eigenvalue weighted by atomic mass is 79.9. The quantitative estimate of drug-likeness (QED) is 0.882. The lowest BCUT2D eigenvalue weighted by Gasteiger charge is -2.02. The molecule has 0 radical (unpaired) electrons. The lowest BCUT2D eigenvalue weighted by molar-refractivity contribution is 0.199. The molecule has 0 aliphatic rings. The molecule has 0 saturated carbocycles. The number of carbonyl (C=O) groups excluding carboxylic acids is 1. The first-order valence-electron chi connectivity index (χ1n) is 4.66. The second kappa shape index (κ2) is 4.48. The molecule has 7 heteroatoms. The Labute approximate surface area is 99.5 Å². The second-order valence-corrected chi connectivity index (χ2v) is 3.75. The van der Waals surface area contributed by atoms with Crippen LogP contribution in [0, 0.1) is 0 Å². The van der Waals surface area contributed by atoms with Crippen molar-refractivity contribution in [3.05, 3.63) is 16.9 Å². The van der Waals surface area contributed by atoms with Crippen LogP contribution < -0.4 is 10.1 Å². The van der Waals surface area contributed by atoms with Crippen molar-refractivity contribution < 1.29 is 9.53 Å². The third kappa shape index (κ3) is 2.13. The third-order valence-corrected chi connectivity index (χ3v) is 2.50. The van der Waals surface area contributed by atoms with Gasteiger partial charge in [-0.3, -0.25) is 5.10 Å². The van der Waals surface area contributed by atoms with E-state index in [2.05, 4.69) is 36.4 Å². The smallest absolute Gasteiger partial charge is 0.391 e. The normalized spacial score (nSPS) is 10.4. The zero-order chi connectivity index (χ0) is 11.5. The number of hydrogen-bond acceptors (Lipinski definition) is 4. The maximum Gasteiger partial charge on any atom is 0.413 e. The van der Waals surface area contributed by atoms with Crippen LogP contribution in [-0.2, 0) is 0 Å². The van der Waals surface area contributed by atoms with Gasteiger partial charge in [-0.25, -0.2) is 9.78 Å². The summed E-state index contributed by atoms with van der Waals surface area (Å²) in [6, 6.07) is 1.61. The highest BCUT2D eigenvalue weighted by molar-refractivity contribution is 9.10. The molecular formula is C9H9BrN4O2. The van der Waals surface area contributed by atoms with Gasteiger partial charge in [0, 0.05) is 18.8 Å². The minimum Gasteiger partial charge on any atom is -0.391 e. The van der Waals surface area contributed by atoms with Gasteiger partial charge in [0.25, 0.3) is 0 Å². The number of hydrogen-bond donors (Lipinski definition) is 2. The Kier molecular flexibility index (Phi) is 3.04. The highest BCUT2D eigenvalue weighted by Gasteiger charge is 2.08. The summed E-state index contributed by atoms with van der Waals surface area (Å²) in [7, 11) is 0. The van der Waals surface area contributed by atoms with E-state index in [0.717, 1.165) is 10.9 Å². The number of nitrogens with zero attached hydrogens (tertiary/aromatic N) is 2. The molecule has 2 heterocycles. The maximum atomic E-state index is 11.1. The van der Waals surface area contributed by atoms with Crippen molar-refractivity contribution in [2.24, 2.45) is 0 Å². The molecule has 0 bridgehead atoms. The van der Waals surface area contributed by atoms with Crippen LogP contribution in [0.3, 0.4) is 0 Å². The second-order valence-electron chi connectivity index (χ2n) is 3.00. The zero-order valence-electron chi connectivity index (χ0n) is 8.45. The number of fused-ring (bicyclic) bond motifs is 1. The van der Waals surface area contributed by atoms with E-state index in [1.54, 1.807) is 12.3 Å². The van der Waals surface area contributed by atoms with Crippen molar-refractivity contribution in [2.45, 2.75) is 6.92 Å². The number of ether oxygens (including phenoxy) is 1. The van der Waals surface area contributed by atoms with Gasteiger partial charge < -0.3 is 10.1 Å². The number of pyridine rings is 1. The average Bonchev–Trinajstić information content (AvgIpc) is 2.60. The Balaban J connectivity index is 2.23. The lowest BCUT2D eigenvalue weighted by atomic mass is 10.3. The van der Waals surface area contributed by atoms with Crippen LogP contribution in [0.15, 0.2) is 16.9 Å². The van der Waals surface area contributed by atoms with Gasteiger partial charge in [0.05, 0.1) is 10.9 Å². The molecule has 0 unspecified atom stereocenters. The van der Waals surface area contributed by atoms with Crippen molar-refractivity contribution >= 4 is 32.9 Å². The van der Waals surface area contributed by atoms with Crippen LogP contribution in [-0.4, -0.2) is 27.8 Å². The van der Waals surface area contributed by atoms with Crippen LogP contribution >= 0.6 is 15.9 Å². The van der Waals surface area contributed by atoms with Gasteiger partial charge in [0.2, 0.25) is 5.88 Å². The van der Waals surface area contributed by atoms with Gasteiger partial charge >= 0.3 is 6.09 Å². The predicted molar refractivity (Wildman–Crippen MR) is 61.3 cm³/mol. The van der Waals surface area contributed by atoms with E-state index >= 15 is 0 Å². The van der Waals surface area contributed by atoms with Crippen molar-refractivity contribution in [3.8, 4) is 5.88 Å². The van der Waals surface area contributed by atoms with Gasteiger partial charge in [-0.2, -0.15) is 5.10 Å². The summed E-state index contributed by atoms with van der Waals surface area (Å²) < 4.78 is 5.63.